The van der Waals surface area contributed by atoms with Crippen molar-refractivity contribution in [2.24, 2.45) is 5.92 Å². The third kappa shape index (κ3) is 4.10. The van der Waals surface area contributed by atoms with Gasteiger partial charge in [0.15, 0.2) is 0 Å². The van der Waals surface area contributed by atoms with Crippen LogP contribution in [-0.4, -0.2) is 11.7 Å². The van der Waals surface area contributed by atoms with Crippen molar-refractivity contribution in [3.8, 4) is 0 Å². The highest BCUT2D eigenvalue weighted by Gasteiger charge is 2.24. The lowest BCUT2D eigenvalue weighted by Crippen LogP contribution is -2.17. The van der Waals surface area contributed by atoms with Gasteiger partial charge in [-0.15, -0.1) is 0 Å². The Labute approximate surface area is 156 Å². The molecule has 0 spiro atoms. The van der Waals surface area contributed by atoms with Crippen LogP contribution in [0.4, 0.5) is 0 Å². The van der Waals surface area contributed by atoms with Gasteiger partial charge in [0, 0.05) is 11.6 Å². The van der Waals surface area contributed by atoms with Gasteiger partial charge in [0.1, 0.15) is 0 Å². The Hall–Kier alpha value is -1.31. The molecule has 0 saturated heterocycles. The predicted octanol–water partition coefficient (Wildman–Crippen LogP) is 6.07. The van der Waals surface area contributed by atoms with E-state index in [9.17, 15) is 5.11 Å². The largest absolute Gasteiger partial charge is 0.396 e. The Morgan fingerprint density at radius 3 is 2.36 bits per heavy atom. The fourth-order valence-corrected chi connectivity index (χ4v) is 4.47. The van der Waals surface area contributed by atoms with Gasteiger partial charge >= 0.3 is 0 Å². The lowest BCUT2D eigenvalue weighted by atomic mass is 9.78. The first kappa shape index (κ1) is 17.1. The minimum Gasteiger partial charge on any atom is -0.396 e. The molecule has 0 bridgehead atoms. The highest BCUT2D eigenvalue weighted by atomic mass is 35.5. The number of benzene rings is 2. The summed E-state index contributed by atoms with van der Waals surface area (Å²) >= 11 is 6.49. The summed E-state index contributed by atoms with van der Waals surface area (Å²) in [6, 6.07) is 15.7. The van der Waals surface area contributed by atoms with E-state index < -0.39 is 0 Å². The molecule has 0 heterocycles. The van der Waals surface area contributed by atoms with E-state index in [1.54, 1.807) is 0 Å². The molecule has 2 fully saturated rings. The van der Waals surface area contributed by atoms with E-state index in [-0.39, 0.29) is 0 Å². The van der Waals surface area contributed by atoms with Gasteiger partial charge in [-0.1, -0.05) is 54.4 Å². The molecule has 132 valence electrons. The highest BCUT2D eigenvalue weighted by Crippen LogP contribution is 2.40. The molecule has 2 atom stereocenters. The van der Waals surface area contributed by atoms with E-state index in [1.165, 1.54) is 54.4 Å². The molecule has 0 radical (unpaired) electrons. The number of aliphatic hydroxyl groups excluding tert-OH is 1. The van der Waals surface area contributed by atoms with Crippen molar-refractivity contribution in [3.05, 3.63) is 69.7 Å². The third-order valence-electron chi connectivity index (χ3n) is 6.01. The summed E-state index contributed by atoms with van der Waals surface area (Å²) in [5.41, 5.74) is 5.44. The smallest absolute Gasteiger partial charge is 0.0459 e. The summed E-state index contributed by atoms with van der Waals surface area (Å²) in [4.78, 5) is 0. The molecule has 2 aromatic rings. The van der Waals surface area contributed by atoms with Crippen molar-refractivity contribution < 1.29 is 5.11 Å². The number of hydrogen-bond acceptors (Lipinski definition) is 1. The first-order valence-corrected chi connectivity index (χ1v) is 10.1. The molecule has 4 rings (SSSR count). The summed E-state index contributed by atoms with van der Waals surface area (Å²) in [6.45, 7) is 0.324. The second-order valence-corrected chi connectivity index (χ2v) is 8.36. The van der Waals surface area contributed by atoms with Gasteiger partial charge in [0.25, 0.3) is 0 Å². The van der Waals surface area contributed by atoms with Crippen LogP contribution in [0.25, 0.3) is 0 Å². The van der Waals surface area contributed by atoms with Crippen LogP contribution in [0.5, 0.6) is 0 Å². The minimum atomic E-state index is 0.324. The van der Waals surface area contributed by atoms with Gasteiger partial charge in [-0.05, 0) is 84.6 Å². The first-order valence-electron chi connectivity index (χ1n) is 9.71. The molecule has 25 heavy (non-hydrogen) atoms. The molecule has 2 saturated carbocycles. The van der Waals surface area contributed by atoms with Crippen molar-refractivity contribution in [2.45, 2.75) is 56.8 Å². The summed E-state index contributed by atoms with van der Waals surface area (Å²) < 4.78 is 0. The standard InChI is InChI=1S/C23H27ClO/c24-23-11-10-21(20-3-1-2-17(13-20)15-25)14-22(23)12-16-4-6-18(7-5-16)19-8-9-19/h4-7,10-11,14,17,19-20,25H,1-3,8-9,12-13,15H2. The van der Waals surface area contributed by atoms with Crippen LogP contribution in [0.2, 0.25) is 5.02 Å². The number of aliphatic hydroxyl groups is 1. The molecule has 0 aliphatic heterocycles. The third-order valence-corrected chi connectivity index (χ3v) is 6.37. The number of halogens is 1. The average molecular weight is 355 g/mol. The van der Waals surface area contributed by atoms with Gasteiger partial charge in [-0.25, -0.2) is 0 Å². The summed E-state index contributed by atoms with van der Waals surface area (Å²) in [5, 5.41) is 10.4. The Morgan fingerprint density at radius 2 is 1.64 bits per heavy atom. The van der Waals surface area contributed by atoms with Crippen molar-refractivity contribution in [2.75, 3.05) is 6.61 Å². The molecule has 1 nitrogen and oxygen atoms in total. The van der Waals surface area contributed by atoms with E-state index in [1.807, 2.05) is 0 Å². The summed E-state index contributed by atoms with van der Waals surface area (Å²) in [5.74, 6) is 1.85. The molecule has 2 aliphatic rings. The molecule has 2 unspecified atom stereocenters. The zero-order valence-electron chi connectivity index (χ0n) is 14.8. The summed E-state index contributed by atoms with van der Waals surface area (Å²) in [6.07, 6.45) is 8.32. The summed E-state index contributed by atoms with van der Waals surface area (Å²) in [7, 11) is 0. The molecule has 1 N–H and O–H groups in total. The van der Waals surface area contributed by atoms with Crippen molar-refractivity contribution in [3.63, 3.8) is 0 Å². The monoisotopic (exact) mass is 354 g/mol. The highest BCUT2D eigenvalue weighted by molar-refractivity contribution is 6.31. The topological polar surface area (TPSA) is 20.2 Å². The van der Waals surface area contributed by atoms with Gasteiger partial charge in [-0.2, -0.15) is 0 Å². The van der Waals surface area contributed by atoms with Crippen LogP contribution in [-0.2, 0) is 6.42 Å². The fourth-order valence-electron chi connectivity index (χ4n) is 4.29. The molecule has 0 aromatic heterocycles. The van der Waals surface area contributed by atoms with Gasteiger partial charge < -0.3 is 5.11 Å². The van der Waals surface area contributed by atoms with Crippen LogP contribution in [0.1, 0.15) is 72.6 Å². The Bertz CT molecular complexity index is 717. The molecule has 2 heteroatoms. The fraction of sp³-hybridized carbons (Fsp3) is 0.478. The SMILES string of the molecule is OCC1CCCC(c2ccc(Cl)c(Cc3ccc(C4CC4)cc3)c2)C1. The maximum Gasteiger partial charge on any atom is 0.0459 e. The molecule has 2 aliphatic carbocycles. The lowest BCUT2D eigenvalue weighted by molar-refractivity contribution is 0.180. The maximum atomic E-state index is 9.49. The van der Waals surface area contributed by atoms with Crippen molar-refractivity contribution in [1.82, 2.24) is 0 Å². The average Bonchev–Trinajstić information content (AvgIpc) is 3.49. The van der Waals surface area contributed by atoms with Gasteiger partial charge in [0.2, 0.25) is 0 Å². The van der Waals surface area contributed by atoms with Gasteiger partial charge in [-0.3, -0.25) is 0 Å². The second-order valence-electron chi connectivity index (χ2n) is 7.96. The van der Waals surface area contributed by atoms with E-state index in [2.05, 4.69) is 42.5 Å². The number of rotatable bonds is 5. The first-order chi connectivity index (χ1) is 12.2. The molecular weight excluding hydrogens is 328 g/mol. The zero-order chi connectivity index (χ0) is 17.2. The maximum absolute atomic E-state index is 9.49. The lowest BCUT2D eigenvalue weighted by Gasteiger charge is -2.28. The van der Waals surface area contributed by atoms with E-state index in [0.717, 1.165) is 23.8 Å². The second kappa shape index (κ2) is 7.51. The Balaban J connectivity index is 1.50. The Kier molecular flexibility index (Phi) is 5.15. The van der Waals surface area contributed by atoms with Crippen LogP contribution in [0.15, 0.2) is 42.5 Å². The van der Waals surface area contributed by atoms with E-state index in [0.29, 0.717) is 18.4 Å². The van der Waals surface area contributed by atoms with E-state index in [4.69, 9.17) is 11.6 Å². The minimum absolute atomic E-state index is 0.324. The molecular formula is C23H27ClO. The van der Waals surface area contributed by atoms with Crippen LogP contribution in [0, 0.1) is 5.92 Å². The van der Waals surface area contributed by atoms with Crippen LogP contribution in [0.3, 0.4) is 0 Å². The quantitative estimate of drug-likeness (QED) is 0.690. The van der Waals surface area contributed by atoms with Crippen molar-refractivity contribution in [1.29, 1.82) is 0 Å². The Morgan fingerprint density at radius 1 is 0.880 bits per heavy atom. The van der Waals surface area contributed by atoms with E-state index >= 15 is 0 Å². The molecule has 2 aromatic carbocycles. The van der Waals surface area contributed by atoms with Crippen LogP contribution < -0.4 is 0 Å². The number of hydrogen-bond donors (Lipinski definition) is 1. The van der Waals surface area contributed by atoms with Crippen LogP contribution >= 0.6 is 11.6 Å². The molecule has 0 amide bonds. The zero-order valence-corrected chi connectivity index (χ0v) is 15.5. The van der Waals surface area contributed by atoms with Crippen molar-refractivity contribution >= 4 is 11.6 Å². The normalized spacial score (nSPS) is 23.6. The van der Waals surface area contributed by atoms with Gasteiger partial charge in [0.05, 0.1) is 0 Å². The predicted molar refractivity (Wildman–Crippen MR) is 104 cm³/mol.